The first-order valence-electron chi connectivity index (χ1n) is 2.26. The summed E-state index contributed by atoms with van der Waals surface area (Å²) in [7, 11) is 0. The molecular weight excluding hydrogens is 119 g/mol. The van der Waals surface area contributed by atoms with Crippen molar-refractivity contribution in [2.75, 3.05) is 0 Å². The Balaban J connectivity index is 3.20. The molecule has 0 saturated carbocycles. The van der Waals surface area contributed by atoms with Crippen LogP contribution in [0.4, 0.5) is 4.39 Å². The zero-order valence-corrected chi connectivity index (χ0v) is 4.43. The summed E-state index contributed by atoms with van der Waals surface area (Å²) in [6.07, 6.45) is 3.30. The third-order valence-corrected chi connectivity index (χ3v) is 0.839. The third-order valence-electron chi connectivity index (χ3n) is 0.839. The van der Waals surface area contributed by atoms with Gasteiger partial charge < -0.3 is 0 Å². The smallest absolute Gasteiger partial charge is 0.159 e. The monoisotopic (exact) mass is 121 g/mol. The van der Waals surface area contributed by atoms with Crippen molar-refractivity contribution in [2.45, 2.75) is 0 Å². The van der Waals surface area contributed by atoms with Gasteiger partial charge in [-0.25, -0.2) is 4.39 Å². The van der Waals surface area contributed by atoms with Crippen LogP contribution in [-0.4, -0.2) is 4.98 Å². The van der Waals surface area contributed by atoms with E-state index in [0.29, 0.717) is 0 Å². The average molecular weight is 121 g/mol. The molecule has 0 aromatic carbocycles. The lowest BCUT2D eigenvalue weighted by molar-refractivity contribution is 0.617. The number of halogens is 1. The highest BCUT2D eigenvalue weighted by molar-refractivity contribution is 5.26. The highest BCUT2D eigenvalue weighted by Crippen LogP contribution is 1.99. The number of hydrogen-bond acceptors (Lipinski definition) is 2. The van der Waals surface area contributed by atoms with Gasteiger partial charge in [0.25, 0.3) is 0 Å². The first-order chi connectivity index (χ1) is 4.34. The van der Waals surface area contributed by atoms with Crippen LogP contribution < -0.4 is 0 Å². The van der Waals surface area contributed by atoms with E-state index in [1.165, 1.54) is 6.07 Å². The van der Waals surface area contributed by atoms with Gasteiger partial charge in [0.1, 0.15) is 6.07 Å². The highest BCUT2D eigenvalue weighted by atomic mass is 19.1. The standard InChI is InChI=1S/C6H2FN2/c7-6-4-9-2-1-5(6)3-8/h1,4H. The second kappa shape index (κ2) is 2.23. The predicted octanol–water partition coefficient (Wildman–Crippen LogP) is 0.893. The molecule has 0 bridgehead atoms. The summed E-state index contributed by atoms with van der Waals surface area (Å²) in [5.41, 5.74) is -0.0231. The van der Waals surface area contributed by atoms with E-state index in [-0.39, 0.29) is 5.56 Å². The highest BCUT2D eigenvalue weighted by Gasteiger charge is 1.96. The van der Waals surface area contributed by atoms with Gasteiger partial charge in [0.05, 0.1) is 18.0 Å². The van der Waals surface area contributed by atoms with Crippen LogP contribution in [0.3, 0.4) is 0 Å². The minimum atomic E-state index is -0.601. The van der Waals surface area contributed by atoms with Gasteiger partial charge in [-0.05, 0) is 6.07 Å². The van der Waals surface area contributed by atoms with Crippen LogP contribution in [-0.2, 0) is 0 Å². The second-order valence-corrected chi connectivity index (χ2v) is 1.41. The Labute approximate surface area is 51.6 Å². The number of rotatable bonds is 0. The van der Waals surface area contributed by atoms with Crippen molar-refractivity contribution in [3.63, 3.8) is 0 Å². The molecule has 1 heterocycles. The van der Waals surface area contributed by atoms with Crippen molar-refractivity contribution >= 4 is 0 Å². The van der Waals surface area contributed by atoms with Crippen molar-refractivity contribution in [1.82, 2.24) is 4.98 Å². The molecule has 0 spiro atoms. The molecule has 0 aliphatic rings. The SMILES string of the molecule is N#Cc1c[c]ncc1F. The molecule has 0 N–H and O–H groups in total. The van der Waals surface area contributed by atoms with Crippen molar-refractivity contribution in [2.24, 2.45) is 0 Å². The maximum absolute atomic E-state index is 12.3. The zero-order valence-electron chi connectivity index (χ0n) is 4.43. The molecule has 0 aliphatic carbocycles. The van der Waals surface area contributed by atoms with E-state index >= 15 is 0 Å². The van der Waals surface area contributed by atoms with E-state index in [2.05, 4.69) is 11.2 Å². The Morgan fingerprint density at radius 1 is 1.78 bits per heavy atom. The maximum atomic E-state index is 12.3. The predicted molar refractivity (Wildman–Crippen MR) is 27.7 cm³/mol. The molecule has 1 aromatic rings. The topological polar surface area (TPSA) is 36.7 Å². The molecule has 9 heavy (non-hydrogen) atoms. The number of nitrogens with zero attached hydrogens (tertiary/aromatic N) is 2. The van der Waals surface area contributed by atoms with E-state index < -0.39 is 5.82 Å². The van der Waals surface area contributed by atoms with E-state index in [1.807, 2.05) is 0 Å². The normalized spacial score (nSPS) is 8.44. The largest absolute Gasteiger partial charge is 0.251 e. The number of hydrogen-bond donors (Lipinski definition) is 0. The van der Waals surface area contributed by atoms with Crippen LogP contribution in [0, 0.1) is 23.3 Å². The van der Waals surface area contributed by atoms with Gasteiger partial charge in [-0.2, -0.15) is 5.26 Å². The molecule has 0 amide bonds. The zero-order chi connectivity index (χ0) is 6.69. The van der Waals surface area contributed by atoms with Crippen LogP contribution in [0.1, 0.15) is 5.56 Å². The molecule has 1 radical (unpaired) electrons. The average Bonchev–Trinajstić information content (AvgIpc) is 1.89. The lowest BCUT2D eigenvalue weighted by Gasteiger charge is -1.85. The minimum Gasteiger partial charge on any atom is -0.251 e. The second-order valence-electron chi connectivity index (χ2n) is 1.41. The maximum Gasteiger partial charge on any atom is 0.159 e. The fourth-order valence-corrected chi connectivity index (χ4v) is 0.420. The van der Waals surface area contributed by atoms with E-state index in [1.54, 1.807) is 6.07 Å². The number of nitriles is 1. The van der Waals surface area contributed by atoms with Crippen LogP contribution in [0.5, 0.6) is 0 Å². The molecular formula is C6H2FN2. The Morgan fingerprint density at radius 3 is 3.00 bits per heavy atom. The van der Waals surface area contributed by atoms with Crippen LogP contribution in [0.25, 0.3) is 0 Å². The lowest BCUT2D eigenvalue weighted by Crippen LogP contribution is -1.82. The molecule has 1 rings (SSSR count). The third kappa shape index (κ3) is 1.03. The first kappa shape index (κ1) is 5.70. The van der Waals surface area contributed by atoms with Crippen molar-refractivity contribution in [3.8, 4) is 6.07 Å². The Hall–Kier alpha value is -1.43. The molecule has 0 fully saturated rings. The van der Waals surface area contributed by atoms with Gasteiger partial charge in [-0.3, -0.25) is 4.98 Å². The quantitative estimate of drug-likeness (QED) is 0.511. The summed E-state index contributed by atoms with van der Waals surface area (Å²) >= 11 is 0. The molecule has 0 saturated heterocycles. The molecule has 0 unspecified atom stereocenters. The van der Waals surface area contributed by atoms with Gasteiger partial charge in [-0.15, -0.1) is 0 Å². The van der Waals surface area contributed by atoms with Crippen molar-refractivity contribution in [1.29, 1.82) is 5.26 Å². The van der Waals surface area contributed by atoms with Crippen LogP contribution in [0.2, 0.25) is 0 Å². The van der Waals surface area contributed by atoms with Gasteiger partial charge in [0.2, 0.25) is 0 Å². The summed E-state index contributed by atoms with van der Waals surface area (Å²) in [6, 6.07) is 2.85. The molecule has 0 aliphatic heterocycles. The summed E-state index contributed by atoms with van der Waals surface area (Å²) in [5.74, 6) is -0.601. The number of pyridine rings is 1. The Morgan fingerprint density at radius 2 is 2.56 bits per heavy atom. The fraction of sp³-hybridized carbons (Fsp3) is 0. The molecule has 0 atom stereocenters. The Kier molecular flexibility index (Phi) is 1.41. The van der Waals surface area contributed by atoms with E-state index in [9.17, 15) is 4.39 Å². The van der Waals surface area contributed by atoms with Crippen LogP contribution >= 0.6 is 0 Å². The summed E-state index contributed by atoms with van der Waals surface area (Å²) in [6.45, 7) is 0. The molecule has 2 nitrogen and oxygen atoms in total. The van der Waals surface area contributed by atoms with Gasteiger partial charge in [-0.1, -0.05) is 0 Å². The van der Waals surface area contributed by atoms with E-state index in [0.717, 1.165) is 6.20 Å². The fourth-order valence-electron chi connectivity index (χ4n) is 0.420. The van der Waals surface area contributed by atoms with Gasteiger partial charge >= 0.3 is 0 Å². The molecule has 3 heteroatoms. The number of aromatic nitrogens is 1. The minimum absolute atomic E-state index is 0.0231. The summed E-state index contributed by atoms with van der Waals surface area (Å²) in [4.78, 5) is 3.34. The van der Waals surface area contributed by atoms with Gasteiger partial charge in [0, 0.05) is 0 Å². The van der Waals surface area contributed by atoms with Crippen LogP contribution in [0.15, 0.2) is 12.3 Å². The summed E-state index contributed by atoms with van der Waals surface area (Å²) < 4.78 is 12.3. The molecule has 43 valence electrons. The van der Waals surface area contributed by atoms with Crippen molar-refractivity contribution in [3.05, 3.63) is 29.8 Å². The van der Waals surface area contributed by atoms with Gasteiger partial charge in [0.15, 0.2) is 5.82 Å². The lowest BCUT2D eigenvalue weighted by atomic mass is 10.3. The Bertz CT molecular complexity index is 251. The van der Waals surface area contributed by atoms with E-state index in [4.69, 9.17) is 5.26 Å². The first-order valence-corrected chi connectivity index (χ1v) is 2.26. The summed E-state index contributed by atoms with van der Waals surface area (Å²) in [5, 5.41) is 8.18. The molecule has 1 aromatic heterocycles. The van der Waals surface area contributed by atoms with Crippen molar-refractivity contribution < 1.29 is 4.39 Å².